The molecule has 20 heavy (non-hydrogen) atoms. The number of hydrogen-bond donors (Lipinski definition) is 2. The Morgan fingerprint density at radius 2 is 2.25 bits per heavy atom. The fraction of sp³-hybridized carbons (Fsp3) is 0.455. The van der Waals surface area contributed by atoms with Gasteiger partial charge in [-0.1, -0.05) is 19.0 Å². The minimum atomic E-state index is -1.27. The highest BCUT2D eigenvalue weighted by Gasteiger charge is 2.18. The largest absolute Gasteiger partial charge is 0.476 e. The number of aromatic nitrogens is 1. The molecule has 0 aliphatic rings. The summed E-state index contributed by atoms with van der Waals surface area (Å²) < 4.78 is 4.92. The summed E-state index contributed by atoms with van der Waals surface area (Å²) in [6, 6.07) is 0. The summed E-state index contributed by atoms with van der Waals surface area (Å²) in [5.74, 6) is -1.05. The second kappa shape index (κ2) is 7.43. The van der Waals surface area contributed by atoms with Crippen molar-refractivity contribution in [2.45, 2.75) is 13.8 Å². The molecule has 0 radical (unpaired) electrons. The van der Waals surface area contributed by atoms with Crippen LogP contribution in [0.15, 0.2) is 10.5 Å². The van der Waals surface area contributed by atoms with Crippen molar-refractivity contribution >= 4 is 34.2 Å². The summed E-state index contributed by atoms with van der Waals surface area (Å²) in [4.78, 5) is 30.7. The molecule has 0 spiro atoms. The summed E-state index contributed by atoms with van der Waals surface area (Å²) in [5, 5.41) is 16.4. The minimum Gasteiger partial charge on any atom is -0.476 e. The molecule has 1 heterocycles. The van der Waals surface area contributed by atoms with E-state index in [0.717, 1.165) is 11.3 Å². The number of thiazole rings is 1. The van der Waals surface area contributed by atoms with Gasteiger partial charge < -0.3 is 14.7 Å². The van der Waals surface area contributed by atoms with Crippen LogP contribution in [-0.2, 0) is 14.4 Å². The predicted molar refractivity (Wildman–Crippen MR) is 73.1 cm³/mol. The Morgan fingerprint density at radius 3 is 2.80 bits per heavy atom. The molecule has 0 aromatic carbocycles. The summed E-state index contributed by atoms with van der Waals surface area (Å²) >= 11 is 1.06. The zero-order valence-electron chi connectivity index (χ0n) is 11.2. The zero-order valence-corrected chi connectivity index (χ0v) is 12.1. The van der Waals surface area contributed by atoms with Crippen LogP contribution in [0.1, 0.15) is 19.5 Å². The molecule has 1 aromatic heterocycles. The number of nitrogens with zero attached hydrogens (tertiary/aromatic N) is 2. The summed E-state index contributed by atoms with van der Waals surface area (Å²) in [7, 11) is 1.23. The van der Waals surface area contributed by atoms with Crippen LogP contribution in [0.2, 0.25) is 0 Å². The van der Waals surface area contributed by atoms with Gasteiger partial charge in [0.2, 0.25) is 5.71 Å². The average molecular weight is 301 g/mol. The number of nitrogens with one attached hydrogen (secondary N) is 1. The number of carboxylic acid groups (broad SMARTS) is 1. The van der Waals surface area contributed by atoms with E-state index in [-0.39, 0.29) is 29.1 Å². The van der Waals surface area contributed by atoms with Gasteiger partial charge >= 0.3 is 12.1 Å². The van der Waals surface area contributed by atoms with E-state index in [2.05, 4.69) is 20.3 Å². The number of rotatable bonds is 6. The first-order valence-electron chi connectivity index (χ1n) is 5.68. The normalized spacial score (nSPS) is 11.3. The molecular weight excluding hydrogens is 286 g/mol. The molecule has 1 amide bonds. The second-order valence-corrected chi connectivity index (χ2v) is 4.94. The van der Waals surface area contributed by atoms with Crippen LogP contribution in [0.3, 0.4) is 0 Å². The number of oxime groups is 1. The van der Waals surface area contributed by atoms with E-state index in [4.69, 9.17) is 9.84 Å². The maximum atomic E-state index is 11.4. The smallest absolute Gasteiger partial charge is 0.413 e. The first-order valence-corrected chi connectivity index (χ1v) is 6.56. The first kappa shape index (κ1) is 15.9. The van der Waals surface area contributed by atoms with E-state index in [0.29, 0.717) is 0 Å². The molecule has 0 aliphatic heterocycles. The third-order valence-electron chi connectivity index (χ3n) is 1.89. The molecular formula is C11H15N3O5S. The van der Waals surface area contributed by atoms with Gasteiger partial charge in [-0.05, 0) is 5.92 Å². The summed E-state index contributed by atoms with van der Waals surface area (Å²) in [6.45, 7) is 4.11. The van der Waals surface area contributed by atoms with E-state index in [9.17, 15) is 9.59 Å². The molecule has 1 aromatic rings. The average Bonchev–Trinajstić information content (AvgIpc) is 2.81. The molecule has 110 valence electrons. The topological polar surface area (TPSA) is 110 Å². The number of carbonyl (C=O) groups is 2. The lowest BCUT2D eigenvalue weighted by Gasteiger charge is -2.06. The van der Waals surface area contributed by atoms with Crippen molar-refractivity contribution in [2.75, 3.05) is 19.0 Å². The van der Waals surface area contributed by atoms with E-state index in [1.807, 2.05) is 13.8 Å². The first-order chi connectivity index (χ1) is 9.43. The van der Waals surface area contributed by atoms with Gasteiger partial charge in [-0.25, -0.2) is 14.6 Å². The third kappa shape index (κ3) is 4.84. The molecule has 1 rings (SSSR count). The molecule has 0 bridgehead atoms. The monoisotopic (exact) mass is 301 g/mol. The summed E-state index contributed by atoms with van der Waals surface area (Å²) in [6.07, 6.45) is -0.639. The van der Waals surface area contributed by atoms with E-state index in [1.54, 1.807) is 0 Å². The number of carboxylic acids is 1. The lowest BCUT2D eigenvalue weighted by molar-refractivity contribution is -0.129. The molecule has 0 saturated heterocycles. The van der Waals surface area contributed by atoms with Crippen molar-refractivity contribution in [1.29, 1.82) is 0 Å². The Balaban J connectivity index is 2.70. The lowest BCUT2D eigenvalue weighted by Crippen LogP contribution is -2.18. The van der Waals surface area contributed by atoms with Crippen molar-refractivity contribution in [3.05, 3.63) is 11.1 Å². The van der Waals surface area contributed by atoms with Crippen LogP contribution in [0.5, 0.6) is 0 Å². The van der Waals surface area contributed by atoms with Crippen molar-refractivity contribution in [3.8, 4) is 0 Å². The maximum Gasteiger partial charge on any atom is 0.413 e. The van der Waals surface area contributed by atoms with Gasteiger partial charge in [0, 0.05) is 5.38 Å². The fourth-order valence-corrected chi connectivity index (χ4v) is 1.77. The molecule has 0 atom stereocenters. The van der Waals surface area contributed by atoms with Crippen molar-refractivity contribution in [2.24, 2.45) is 11.1 Å². The Hall–Kier alpha value is -2.16. The van der Waals surface area contributed by atoms with Crippen LogP contribution >= 0.6 is 11.3 Å². The Labute approximate surface area is 119 Å². The van der Waals surface area contributed by atoms with Gasteiger partial charge in [-0.15, -0.1) is 11.3 Å². The molecule has 2 N–H and O–H groups in total. The van der Waals surface area contributed by atoms with Crippen LogP contribution in [0.25, 0.3) is 0 Å². The van der Waals surface area contributed by atoms with Crippen LogP contribution < -0.4 is 5.32 Å². The highest BCUT2D eigenvalue weighted by molar-refractivity contribution is 7.14. The van der Waals surface area contributed by atoms with Gasteiger partial charge in [0.05, 0.1) is 6.61 Å². The summed E-state index contributed by atoms with van der Waals surface area (Å²) in [5.41, 5.74) is -0.240. The third-order valence-corrected chi connectivity index (χ3v) is 2.65. The van der Waals surface area contributed by atoms with Crippen LogP contribution in [-0.4, -0.2) is 41.6 Å². The Morgan fingerprint density at radius 1 is 1.55 bits per heavy atom. The number of hydrogen-bond acceptors (Lipinski definition) is 7. The number of amides is 1. The maximum absolute atomic E-state index is 11.4. The van der Waals surface area contributed by atoms with E-state index in [1.165, 1.54) is 12.5 Å². The standard InChI is InChI=1S/C11H15N3O5S/c1-6(2)4-19-11(17)13-10-12-7(5-20-10)8(9(15)16)14-18-3/h5-6H,4H2,1-3H3,(H,15,16)(H,12,13,17)/b14-8+. The van der Waals surface area contributed by atoms with Gasteiger partial charge in [0.1, 0.15) is 12.8 Å². The molecule has 8 nitrogen and oxygen atoms in total. The van der Waals surface area contributed by atoms with Crippen molar-refractivity contribution in [3.63, 3.8) is 0 Å². The molecule has 0 fully saturated rings. The molecule has 0 aliphatic carbocycles. The number of aliphatic carboxylic acids is 1. The quantitative estimate of drug-likeness (QED) is 0.612. The highest BCUT2D eigenvalue weighted by Crippen LogP contribution is 2.16. The Bertz CT molecular complexity index is 512. The van der Waals surface area contributed by atoms with E-state index < -0.39 is 12.1 Å². The Kier molecular flexibility index (Phi) is 5.91. The molecule has 0 saturated carbocycles. The van der Waals surface area contributed by atoms with Gasteiger partial charge in [0.15, 0.2) is 5.13 Å². The van der Waals surface area contributed by atoms with Crippen molar-refractivity contribution in [1.82, 2.24) is 4.98 Å². The van der Waals surface area contributed by atoms with E-state index >= 15 is 0 Å². The number of carbonyl (C=O) groups excluding carboxylic acids is 1. The lowest BCUT2D eigenvalue weighted by atomic mass is 10.2. The van der Waals surface area contributed by atoms with Crippen molar-refractivity contribution < 1.29 is 24.3 Å². The van der Waals surface area contributed by atoms with Crippen LogP contribution in [0.4, 0.5) is 9.93 Å². The minimum absolute atomic E-state index is 0.100. The van der Waals surface area contributed by atoms with Gasteiger partial charge in [-0.3, -0.25) is 5.32 Å². The predicted octanol–water partition coefficient (Wildman–Crippen LogP) is 1.78. The molecule has 0 unspecified atom stereocenters. The molecule has 9 heteroatoms. The zero-order chi connectivity index (χ0) is 15.1. The highest BCUT2D eigenvalue weighted by atomic mass is 32.1. The van der Waals surface area contributed by atoms with Gasteiger partial charge in [-0.2, -0.15) is 0 Å². The number of anilines is 1. The second-order valence-electron chi connectivity index (χ2n) is 4.08. The number of ether oxygens (including phenoxy) is 1. The SMILES string of the molecule is CO/N=C(/C(=O)O)c1csc(NC(=O)OCC(C)C)n1. The fourth-order valence-electron chi connectivity index (χ4n) is 1.09. The van der Waals surface area contributed by atoms with Gasteiger partial charge in [0.25, 0.3) is 0 Å². The van der Waals surface area contributed by atoms with Crippen LogP contribution in [0, 0.1) is 5.92 Å².